The van der Waals surface area contributed by atoms with Crippen LogP contribution in [0.1, 0.15) is 18.9 Å². The zero-order chi connectivity index (χ0) is 14.9. The van der Waals surface area contributed by atoms with Crippen LogP contribution in [-0.4, -0.2) is 31.9 Å². The smallest absolute Gasteiger partial charge is 0.243 e. The molecule has 8 heteroatoms. The summed E-state index contributed by atoms with van der Waals surface area (Å²) < 4.78 is 39.7. The minimum Gasteiger partial charge on any atom is -0.330 e. The number of nitrogens with two attached hydrogens (primary N) is 1. The Morgan fingerprint density at radius 3 is 2.71 bits per heavy atom. The third-order valence-electron chi connectivity index (χ3n) is 3.60. The Bertz CT molecular complexity index is 660. The van der Waals surface area contributed by atoms with E-state index < -0.39 is 15.8 Å². The predicted molar refractivity (Wildman–Crippen MR) is 78.9 cm³/mol. The van der Waals surface area contributed by atoms with E-state index in [0.717, 1.165) is 12.1 Å². The average molecular weight is 334 g/mol. The SMILES string of the molecule is CC1CC(CN)CN1S(=O)(=O)c1ccc(F)c(C#N)c1.Cl. The van der Waals surface area contributed by atoms with Gasteiger partial charge in [0.25, 0.3) is 0 Å². The van der Waals surface area contributed by atoms with E-state index in [1.165, 1.54) is 10.4 Å². The summed E-state index contributed by atoms with van der Waals surface area (Å²) in [6.45, 7) is 2.62. The fraction of sp³-hybridized carbons (Fsp3) is 0.462. The van der Waals surface area contributed by atoms with Gasteiger partial charge < -0.3 is 5.73 Å². The van der Waals surface area contributed by atoms with Crippen molar-refractivity contribution < 1.29 is 12.8 Å². The minimum absolute atomic E-state index is 0. The van der Waals surface area contributed by atoms with Crippen LogP contribution >= 0.6 is 12.4 Å². The van der Waals surface area contributed by atoms with Crippen molar-refractivity contribution in [1.82, 2.24) is 4.31 Å². The van der Waals surface area contributed by atoms with E-state index in [1.807, 2.05) is 6.92 Å². The molecule has 0 bridgehead atoms. The molecule has 1 heterocycles. The molecule has 1 aromatic carbocycles. The summed E-state index contributed by atoms with van der Waals surface area (Å²) in [6, 6.07) is 4.77. The minimum atomic E-state index is -3.72. The van der Waals surface area contributed by atoms with Crippen LogP contribution in [0, 0.1) is 23.1 Å². The molecular weight excluding hydrogens is 317 g/mol. The Hall–Kier alpha value is -1.20. The molecule has 0 spiro atoms. The van der Waals surface area contributed by atoms with Gasteiger partial charge in [0.15, 0.2) is 0 Å². The van der Waals surface area contributed by atoms with Crippen LogP contribution in [0.15, 0.2) is 23.1 Å². The molecule has 116 valence electrons. The lowest BCUT2D eigenvalue weighted by Crippen LogP contribution is -2.34. The predicted octanol–water partition coefficient (Wildman–Crippen LogP) is 1.48. The molecule has 1 aromatic rings. The molecule has 0 saturated carbocycles. The highest BCUT2D eigenvalue weighted by atomic mass is 35.5. The standard InChI is InChI=1S/C13H16FN3O2S.ClH/c1-9-4-10(6-15)8-17(9)20(18,19)12-2-3-13(14)11(5-12)7-16;/h2-3,5,9-10H,4,6,8,15H2,1H3;1H. The highest BCUT2D eigenvalue weighted by molar-refractivity contribution is 7.89. The second-order valence-corrected chi connectivity index (χ2v) is 6.91. The van der Waals surface area contributed by atoms with Gasteiger partial charge in [0.05, 0.1) is 10.5 Å². The molecule has 2 atom stereocenters. The highest BCUT2D eigenvalue weighted by Crippen LogP contribution is 2.29. The zero-order valence-electron chi connectivity index (χ0n) is 11.5. The van der Waals surface area contributed by atoms with Gasteiger partial charge in [-0.1, -0.05) is 0 Å². The number of hydrogen-bond donors (Lipinski definition) is 1. The summed E-state index contributed by atoms with van der Waals surface area (Å²) in [5, 5.41) is 8.79. The molecule has 2 unspecified atom stereocenters. The van der Waals surface area contributed by atoms with Crippen molar-refractivity contribution in [2.45, 2.75) is 24.3 Å². The molecule has 2 N–H and O–H groups in total. The summed E-state index contributed by atoms with van der Waals surface area (Å²) in [5.74, 6) is -0.587. The van der Waals surface area contributed by atoms with Gasteiger partial charge in [-0.05, 0) is 44.0 Å². The first-order chi connectivity index (χ1) is 9.40. The van der Waals surface area contributed by atoms with Crippen molar-refractivity contribution in [3.8, 4) is 6.07 Å². The number of halogens is 2. The van der Waals surface area contributed by atoms with Crippen LogP contribution in [0.4, 0.5) is 4.39 Å². The fourth-order valence-electron chi connectivity index (χ4n) is 2.50. The van der Waals surface area contributed by atoms with E-state index >= 15 is 0 Å². The Morgan fingerprint density at radius 1 is 1.52 bits per heavy atom. The summed E-state index contributed by atoms with van der Waals surface area (Å²) in [6.07, 6.45) is 0.710. The molecule has 5 nitrogen and oxygen atoms in total. The number of hydrogen-bond acceptors (Lipinski definition) is 4. The van der Waals surface area contributed by atoms with Crippen LogP contribution in [0.25, 0.3) is 0 Å². The summed E-state index contributed by atoms with van der Waals surface area (Å²) in [5.41, 5.74) is 5.32. The molecule has 1 aliphatic rings. The van der Waals surface area contributed by atoms with Crippen molar-refractivity contribution in [2.24, 2.45) is 11.7 Å². The third-order valence-corrected chi connectivity index (χ3v) is 5.58. The summed E-state index contributed by atoms with van der Waals surface area (Å²) >= 11 is 0. The number of nitrogens with zero attached hydrogens (tertiary/aromatic N) is 2. The second kappa shape index (κ2) is 6.71. The topological polar surface area (TPSA) is 87.2 Å². The van der Waals surface area contributed by atoms with Gasteiger partial charge in [0, 0.05) is 12.6 Å². The van der Waals surface area contributed by atoms with E-state index in [1.54, 1.807) is 6.07 Å². The molecular formula is C13H17ClFN3O2S. The van der Waals surface area contributed by atoms with Gasteiger partial charge in [0.1, 0.15) is 11.9 Å². The molecule has 1 aliphatic heterocycles. The third kappa shape index (κ3) is 3.35. The van der Waals surface area contributed by atoms with Crippen molar-refractivity contribution in [1.29, 1.82) is 5.26 Å². The first-order valence-electron chi connectivity index (χ1n) is 6.31. The Morgan fingerprint density at radius 2 is 2.19 bits per heavy atom. The maximum atomic E-state index is 13.3. The second-order valence-electron chi connectivity index (χ2n) is 5.01. The van der Waals surface area contributed by atoms with Crippen LogP contribution in [-0.2, 0) is 10.0 Å². The van der Waals surface area contributed by atoms with E-state index in [9.17, 15) is 12.8 Å². The lowest BCUT2D eigenvalue weighted by Gasteiger charge is -2.21. The molecule has 0 radical (unpaired) electrons. The lowest BCUT2D eigenvalue weighted by molar-refractivity contribution is 0.404. The first-order valence-corrected chi connectivity index (χ1v) is 7.75. The summed E-state index contributed by atoms with van der Waals surface area (Å²) in [4.78, 5) is -0.0556. The summed E-state index contributed by atoms with van der Waals surface area (Å²) in [7, 11) is -3.72. The monoisotopic (exact) mass is 333 g/mol. The maximum Gasteiger partial charge on any atom is 0.243 e. The van der Waals surface area contributed by atoms with Crippen molar-refractivity contribution in [3.05, 3.63) is 29.6 Å². The number of sulfonamides is 1. The van der Waals surface area contributed by atoms with Crippen LogP contribution in [0.3, 0.4) is 0 Å². The van der Waals surface area contributed by atoms with Crippen molar-refractivity contribution in [2.75, 3.05) is 13.1 Å². The number of rotatable bonds is 3. The van der Waals surface area contributed by atoms with E-state index in [-0.39, 0.29) is 34.8 Å². The molecule has 0 aliphatic carbocycles. The molecule has 0 amide bonds. The maximum absolute atomic E-state index is 13.3. The Labute approximate surface area is 130 Å². The van der Waals surface area contributed by atoms with Crippen molar-refractivity contribution >= 4 is 22.4 Å². The van der Waals surface area contributed by atoms with E-state index in [4.69, 9.17) is 11.0 Å². The van der Waals surface area contributed by atoms with Crippen LogP contribution in [0.2, 0.25) is 0 Å². The van der Waals surface area contributed by atoms with Crippen molar-refractivity contribution in [3.63, 3.8) is 0 Å². The van der Waals surface area contributed by atoms with Crippen LogP contribution < -0.4 is 5.73 Å². The Kier molecular flexibility index (Phi) is 5.70. The first kappa shape index (κ1) is 17.9. The molecule has 1 fully saturated rings. The van der Waals surface area contributed by atoms with Gasteiger partial charge in [0.2, 0.25) is 10.0 Å². The fourth-order valence-corrected chi connectivity index (χ4v) is 4.25. The van der Waals surface area contributed by atoms with E-state index in [2.05, 4.69) is 0 Å². The van der Waals surface area contributed by atoms with Gasteiger partial charge in [-0.3, -0.25) is 0 Å². The van der Waals surface area contributed by atoms with Gasteiger partial charge in [-0.25, -0.2) is 12.8 Å². The van der Waals surface area contributed by atoms with Gasteiger partial charge >= 0.3 is 0 Å². The van der Waals surface area contributed by atoms with E-state index in [0.29, 0.717) is 19.5 Å². The van der Waals surface area contributed by atoms with Gasteiger partial charge in [-0.2, -0.15) is 9.57 Å². The number of nitriles is 1. The number of benzene rings is 1. The molecule has 1 saturated heterocycles. The van der Waals surface area contributed by atoms with Gasteiger partial charge in [-0.15, -0.1) is 12.4 Å². The Balaban J connectivity index is 0.00000220. The zero-order valence-corrected chi connectivity index (χ0v) is 13.1. The highest BCUT2D eigenvalue weighted by Gasteiger charge is 2.37. The lowest BCUT2D eigenvalue weighted by atomic mass is 10.1. The molecule has 0 aromatic heterocycles. The largest absolute Gasteiger partial charge is 0.330 e. The average Bonchev–Trinajstić information content (AvgIpc) is 2.81. The normalized spacial score (nSPS) is 22.6. The molecule has 21 heavy (non-hydrogen) atoms. The van der Waals surface area contributed by atoms with Crippen LogP contribution in [0.5, 0.6) is 0 Å². The molecule has 2 rings (SSSR count). The quantitative estimate of drug-likeness (QED) is 0.907.